The summed E-state index contributed by atoms with van der Waals surface area (Å²) in [6, 6.07) is 9.19. The molecule has 1 aromatic carbocycles. The molecule has 0 saturated heterocycles. The predicted molar refractivity (Wildman–Crippen MR) is 88.3 cm³/mol. The molecule has 0 fully saturated rings. The van der Waals surface area contributed by atoms with Gasteiger partial charge in [0, 0.05) is 18.8 Å². The third-order valence-corrected chi connectivity index (χ3v) is 4.39. The number of aryl methyl sites for hydroxylation is 1. The number of carbonyl (C=O) groups is 1. The van der Waals surface area contributed by atoms with Gasteiger partial charge in [0.05, 0.1) is 24.4 Å². The first kappa shape index (κ1) is 14.5. The standard InChI is InChI=1S/C16H16N2O3S/c1-18-11-6-7-22-15(11)9-12(18)16(19)17-10-4-5-13(20-2)14(8-10)21-3/h4-9H,1-3H3,(H,17,19). The van der Waals surface area contributed by atoms with Gasteiger partial charge in [-0.1, -0.05) is 0 Å². The van der Waals surface area contributed by atoms with Crippen LogP contribution < -0.4 is 14.8 Å². The molecule has 2 heterocycles. The molecule has 3 aromatic rings. The zero-order valence-corrected chi connectivity index (χ0v) is 13.4. The van der Waals surface area contributed by atoms with Gasteiger partial charge in [-0.3, -0.25) is 4.79 Å². The molecule has 0 atom stereocenters. The van der Waals surface area contributed by atoms with Gasteiger partial charge in [0.2, 0.25) is 0 Å². The molecule has 5 nitrogen and oxygen atoms in total. The molecule has 0 radical (unpaired) electrons. The summed E-state index contributed by atoms with van der Waals surface area (Å²) in [6.07, 6.45) is 0. The highest BCUT2D eigenvalue weighted by atomic mass is 32.1. The van der Waals surface area contributed by atoms with E-state index in [4.69, 9.17) is 9.47 Å². The minimum atomic E-state index is -0.155. The molecule has 0 bridgehead atoms. The molecule has 2 aromatic heterocycles. The molecule has 0 spiro atoms. The maximum atomic E-state index is 12.5. The first-order valence-electron chi connectivity index (χ1n) is 6.70. The average molecular weight is 316 g/mol. The van der Waals surface area contributed by atoms with E-state index in [0.29, 0.717) is 22.9 Å². The maximum Gasteiger partial charge on any atom is 0.272 e. The van der Waals surface area contributed by atoms with Crippen LogP contribution in [0, 0.1) is 0 Å². The smallest absolute Gasteiger partial charge is 0.272 e. The number of hydrogen-bond acceptors (Lipinski definition) is 4. The Bertz CT molecular complexity index is 835. The first-order chi connectivity index (χ1) is 10.6. The highest BCUT2D eigenvalue weighted by Crippen LogP contribution is 2.30. The number of amides is 1. The lowest BCUT2D eigenvalue weighted by Crippen LogP contribution is -2.15. The summed E-state index contributed by atoms with van der Waals surface area (Å²) in [4.78, 5) is 12.5. The Kier molecular flexibility index (Phi) is 3.77. The Hall–Kier alpha value is -2.47. The number of benzene rings is 1. The molecule has 0 saturated carbocycles. The van der Waals surface area contributed by atoms with Gasteiger partial charge in [-0.05, 0) is 29.6 Å². The fourth-order valence-electron chi connectivity index (χ4n) is 2.38. The van der Waals surface area contributed by atoms with Crippen molar-refractivity contribution in [2.75, 3.05) is 19.5 Å². The van der Waals surface area contributed by atoms with Gasteiger partial charge >= 0.3 is 0 Å². The van der Waals surface area contributed by atoms with Crippen molar-refractivity contribution < 1.29 is 14.3 Å². The molecule has 0 aliphatic carbocycles. The normalized spacial score (nSPS) is 10.7. The fraction of sp³-hybridized carbons (Fsp3) is 0.188. The number of thiophene rings is 1. The van der Waals surface area contributed by atoms with Gasteiger partial charge in [-0.25, -0.2) is 0 Å². The number of carbonyl (C=O) groups excluding carboxylic acids is 1. The van der Waals surface area contributed by atoms with Crippen molar-refractivity contribution in [3.8, 4) is 11.5 Å². The Balaban J connectivity index is 1.87. The first-order valence-corrected chi connectivity index (χ1v) is 7.58. The molecule has 6 heteroatoms. The quantitative estimate of drug-likeness (QED) is 0.801. The van der Waals surface area contributed by atoms with Crippen LogP contribution in [0.5, 0.6) is 11.5 Å². The zero-order valence-electron chi connectivity index (χ0n) is 12.5. The summed E-state index contributed by atoms with van der Waals surface area (Å²) < 4.78 is 13.4. The predicted octanol–water partition coefficient (Wildman–Crippen LogP) is 3.51. The number of anilines is 1. The molecule has 114 valence electrons. The molecule has 1 amide bonds. The van der Waals surface area contributed by atoms with Crippen molar-refractivity contribution in [2.45, 2.75) is 0 Å². The second kappa shape index (κ2) is 5.73. The zero-order chi connectivity index (χ0) is 15.7. The van der Waals surface area contributed by atoms with E-state index in [-0.39, 0.29) is 5.91 Å². The SMILES string of the molecule is COc1ccc(NC(=O)c2cc3sccc3n2C)cc1OC. The lowest BCUT2D eigenvalue weighted by molar-refractivity contribution is 0.101. The van der Waals surface area contributed by atoms with Gasteiger partial charge in [-0.2, -0.15) is 0 Å². The molecule has 1 N–H and O–H groups in total. The number of ether oxygens (including phenoxy) is 2. The molecule has 0 unspecified atom stereocenters. The second-order valence-corrected chi connectivity index (χ2v) is 5.73. The van der Waals surface area contributed by atoms with Gasteiger partial charge in [0.1, 0.15) is 5.69 Å². The van der Waals surface area contributed by atoms with E-state index in [1.807, 2.05) is 29.1 Å². The van der Waals surface area contributed by atoms with Crippen LogP contribution in [0.15, 0.2) is 35.7 Å². The minimum absolute atomic E-state index is 0.155. The largest absolute Gasteiger partial charge is 0.493 e. The van der Waals surface area contributed by atoms with Crippen molar-refractivity contribution >= 4 is 33.1 Å². The monoisotopic (exact) mass is 316 g/mol. The Morgan fingerprint density at radius 1 is 1.14 bits per heavy atom. The van der Waals surface area contributed by atoms with E-state index >= 15 is 0 Å². The Morgan fingerprint density at radius 2 is 1.91 bits per heavy atom. The molecular formula is C16H16N2O3S. The van der Waals surface area contributed by atoms with Crippen LogP contribution in [0.3, 0.4) is 0 Å². The number of nitrogens with zero attached hydrogens (tertiary/aromatic N) is 1. The third-order valence-electron chi connectivity index (χ3n) is 3.54. The molecule has 3 rings (SSSR count). The number of methoxy groups -OCH3 is 2. The lowest BCUT2D eigenvalue weighted by atomic mass is 10.2. The van der Waals surface area contributed by atoms with Gasteiger partial charge in [0.15, 0.2) is 11.5 Å². The molecule has 0 aliphatic rings. The van der Waals surface area contributed by atoms with E-state index < -0.39 is 0 Å². The van der Waals surface area contributed by atoms with Crippen LogP contribution >= 0.6 is 11.3 Å². The van der Waals surface area contributed by atoms with Crippen molar-refractivity contribution in [3.05, 3.63) is 41.4 Å². The van der Waals surface area contributed by atoms with Crippen LogP contribution in [-0.4, -0.2) is 24.7 Å². The van der Waals surface area contributed by atoms with E-state index in [1.165, 1.54) is 0 Å². The third kappa shape index (κ3) is 2.42. The van der Waals surface area contributed by atoms with Crippen molar-refractivity contribution in [3.63, 3.8) is 0 Å². The summed E-state index contributed by atoms with van der Waals surface area (Å²) in [5.74, 6) is 1.05. The van der Waals surface area contributed by atoms with Gasteiger partial charge in [0.25, 0.3) is 5.91 Å². The highest BCUT2D eigenvalue weighted by Gasteiger charge is 2.15. The van der Waals surface area contributed by atoms with Crippen LogP contribution in [-0.2, 0) is 7.05 Å². The van der Waals surface area contributed by atoms with Crippen LogP contribution in [0.25, 0.3) is 10.2 Å². The lowest BCUT2D eigenvalue weighted by Gasteiger charge is -2.11. The highest BCUT2D eigenvalue weighted by molar-refractivity contribution is 7.17. The fourth-order valence-corrected chi connectivity index (χ4v) is 3.23. The molecule has 22 heavy (non-hydrogen) atoms. The van der Waals surface area contributed by atoms with Crippen molar-refractivity contribution in [2.24, 2.45) is 7.05 Å². The van der Waals surface area contributed by atoms with Gasteiger partial charge in [-0.15, -0.1) is 11.3 Å². The van der Waals surface area contributed by atoms with E-state index in [1.54, 1.807) is 43.8 Å². The van der Waals surface area contributed by atoms with Crippen molar-refractivity contribution in [1.82, 2.24) is 4.57 Å². The van der Waals surface area contributed by atoms with Gasteiger partial charge < -0.3 is 19.4 Å². The van der Waals surface area contributed by atoms with E-state index in [0.717, 1.165) is 10.2 Å². The number of aromatic nitrogens is 1. The van der Waals surface area contributed by atoms with E-state index in [9.17, 15) is 4.79 Å². The summed E-state index contributed by atoms with van der Waals surface area (Å²) >= 11 is 1.62. The van der Waals surface area contributed by atoms with E-state index in [2.05, 4.69) is 5.32 Å². The molecular weight excluding hydrogens is 300 g/mol. The minimum Gasteiger partial charge on any atom is -0.493 e. The topological polar surface area (TPSA) is 52.5 Å². The average Bonchev–Trinajstić information content (AvgIpc) is 3.10. The Morgan fingerprint density at radius 3 is 2.59 bits per heavy atom. The summed E-state index contributed by atoms with van der Waals surface area (Å²) in [7, 11) is 5.03. The number of fused-ring (bicyclic) bond motifs is 1. The molecule has 0 aliphatic heterocycles. The summed E-state index contributed by atoms with van der Waals surface area (Å²) in [6.45, 7) is 0. The van der Waals surface area contributed by atoms with Crippen molar-refractivity contribution in [1.29, 1.82) is 0 Å². The maximum absolute atomic E-state index is 12.5. The Labute approximate surface area is 132 Å². The number of hydrogen-bond donors (Lipinski definition) is 1. The van der Waals surface area contributed by atoms with Crippen LogP contribution in [0.4, 0.5) is 5.69 Å². The summed E-state index contributed by atoms with van der Waals surface area (Å²) in [5.41, 5.74) is 2.34. The van der Waals surface area contributed by atoms with Crippen LogP contribution in [0.1, 0.15) is 10.5 Å². The number of nitrogens with one attached hydrogen (secondary N) is 1. The number of rotatable bonds is 4. The second-order valence-electron chi connectivity index (χ2n) is 4.78. The summed E-state index contributed by atoms with van der Waals surface area (Å²) in [5, 5.41) is 4.90. The van der Waals surface area contributed by atoms with Crippen LogP contribution in [0.2, 0.25) is 0 Å².